The summed E-state index contributed by atoms with van der Waals surface area (Å²) in [5.74, 6) is 2.36. The number of thiophene rings is 1. The molecule has 0 bridgehead atoms. The molecule has 0 aliphatic heterocycles. The van der Waals surface area contributed by atoms with Crippen molar-refractivity contribution in [1.82, 2.24) is 0 Å². The Balaban J connectivity index is 1.83. The van der Waals surface area contributed by atoms with E-state index in [0.717, 1.165) is 31.6 Å². The number of terminal acetylenes is 1. The zero-order chi connectivity index (χ0) is 17.2. The van der Waals surface area contributed by atoms with E-state index in [4.69, 9.17) is 11.4 Å². The number of hydrogen-bond donors (Lipinski definition) is 0. The van der Waals surface area contributed by atoms with Crippen LogP contribution in [0.4, 0.5) is 4.39 Å². The molecular formula is C22H14FNS. The molecule has 0 saturated heterocycles. The highest BCUT2D eigenvalue weighted by molar-refractivity contribution is 7.25. The summed E-state index contributed by atoms with van der Waals surface area (Å²) >= 11 is 1.61. The van der Waals surface area contributed by atoms with Gasteiger partial charge in [-0.15, -0.1) is 17.8 Å². The minimum atomic E-state index is -0.183. The molecule has 1 aromatic heterocycles. The van der Waals surface area contributed by atoms with Gasteiger partial charge in [0.2, 0.25) is 0 Å². The minimum absolute atomic E-state index is 0.183. The summed E-state index contributed by atoms with van der Waals surface area (Å²) in [4.78, 5) is 4.72. The molecule has 1 aliphatic carbocycles. The van der Waals surface area contributed by atoms with Gasteiger partial charge in [0, 0.05) is 25.7 Å². The zero-order valence-electron chi connectivity index (χ0n) is 13.4. The van der Waals surface area contributed by atoms with Gasteiger partial charge in [-0.3, -0.25) is 4.99 Å². The van der Waals surface area contributed by atoms with Crippen LogP contribution in [0.25, 0.3) is 20.2 Å². The SMILES string of the molecule is C#C/C=C1/C=CC=CC1=NCc1cccc2sc3cccc(F)c3c12. The lowest BCUT2D eigenvalue weighted by molar-refractivity contribution is 0.641. The van der Waals surface area contributed by atoms with Gasteiger partial charge in [0.15, 0.2) is 0 Å². The van der Waals surface area contributed by atoms with Crippen LogP contribution in [-0.2, 0) is 6.54 Å². The minimum Gasteiger partial charge on any atom is -0.280 e. The highest BCUT2D eigenvalue weighted by Crippen LogP contribution is 2.37. The molecule has 0 atom stereocenters. The van der Waals surface area contributed by atoms with E-state index in [1.165, 1.54) is 6.07 Å². The van der Waals surface area contributed by atoms with Crippen LogP contribution in [0.2, 0.25) is 0 Å². The van der Waals surface area contributed by atoms with Crippen molar-refractivity contribution < 1.29 is 4.39 Å². The van der Waals surface area contributed by atoms with Crippen molar-refractivity contribution in [3.8, 4) is 12.3 Å². The fraction of sp³-hybridized carbons (Fsp3) is 0.0455. The number of benzene rings is 2. The number of hydrogen-bond acceptors (Lipinski definition) is 2. The first-order valence-corrected chi connectivity index (χ1v) is 8.74. The Morgan fingerprint density at radius 3 is 2.64 bits per heavy atom. The molecule has 0 unspecified atom stereocenters. The molecule has 0 N–H and O–H groups in total. The number of nitrogens with zero attached hydrogens (tertiary/aromatic N) is 1. The lowest BCUT2D eigenvalue weighted by Gasteiger charge is -2.07. The second-order valence-corrected chi connectivity index (χ2v) is 6.78. The van der Waals surface area contributed by atoms with Gasteiger partial charge in [-0.05, 0) is 35.9 Å². The van der Waals surface area contributed by atoms with E-state index in [0.29, 0.717) is 11.9 Å². The summed E-state index contributed by atoms with van der Waals surface area (Å²) in [7, 11) is 0. The summed E-state index contributed by atoms with van der Waals surface area (Å²) in [6.45, 7) is 0.479. The first-order chi connectivity index (χ1) is 12.3. The van der Waals surface area contributed by atoms with Crippen molar-refractivity contribution in [3.63, 3.8) is 0 Å². The predicted molar refractivity (Wildman–Crippen MR) is 106 cm³/mol. The lowest BCUT2D eigenvalue weighted by atomic mass is 10.0. The highest BCUT2D eigenvalue weighted by atomic mass is 32.1. The fourth-order valence-corrected chi connectivity index (χ4v) is 4.21. The Labute approximate surface area is 149 Å². The van der Waals surface area contributed by atoms with Crippen LogP contribution in [0.5, 0.6) is 0 Å². The fourth-order valence-electron chi connectivity index (χ4n) is 3.04. The van der Waals surface area contributed by atoms with Crippen LogP contribution in [0, 0.1) is 18.2 Å². The molecule has 0 amide bonds. The standard InChI is InChI=1S/C22H14FNS/c1-2-7-15-8-3-4-11-18(15)24-14-16-9-5-12-19-21(16)22-17(23)10-6-13-20(22)25-19/h1,3-13H,14H2/b15-7-,24-18?. The first-order valence-electron chi connectivity index (χ1n) is 7.92. The molecule has 4 rings (SSSR count). The topological polar surface area (TPSA) is 12.4 Å². The number of halogens is 1. The molecule has 1 nitrogen and oxygen atoms in total. The first kappa shape index (κ1) is 15.6. The summed E-state index contributed by atoms with van der Waals surface area (Å²) in [6.07, 6.45) is 14.9. The molecule has 2 aromatic carbocycles. The van der Waals surface area contributed by atoms with Crippen molar-refractivity contribution in [3.05, 3.63) is 83.7 Å². The van der Waals surface area contributed by atoms with Gasteiger partial charge in [0.05, 0.1) is 12.3 Å². The Kier molecular flexibility index (Phi) is 4.05. The number of fused-ring (bicyclic) bond motifs is 3. The Hall–Kier alpha value is -2.96. The monoisotopic (exact) mass is 343 g/mol. The van der Waals surface area contributed by atoms with Gasteiger partial charge in [0.1, 0.15) is 5.82 Å². The highest BCUT2D eigenvalue weighted by Gasteiger charge is 2.13. The summed E-state index contributed by atoms with van der Waals surface area (Å²) in [5.41, 5.74) is 2.78. The van der Waals surface area contributed by atoms with Crippen molar-refractivity contribution in [2.75, 3.05) is 0 Å². The van der Waals surface area contributed by atoms with Crippen LogP contribution in [0.1, 0.15) is 5.56 Å². The molecule has 25 heavy (non-hydrogen) atoms. The maximum Gasteiger partial charge on any atom is 0.132 e. The van der Waals surface area contributed by atoms with Crippen LogP contribution < -0.4 is 0 Å². The number of allylic oxidation sites excluding steroid dienone is 6. The van der Waals surface area contributed by atoms with Gasteiger partial charge in [0.25, 0.3) is 0 Å². The molecule has 120 valence electrons. The zero-order valence-corrected chi connectivity index (χ0v) is 14.2. The molecule has 0 fully saturated rings. The van der Waals surface area contributed by atoms with E-state index in [1.807, 2.05) is 48.6 Å². The largest absolute Gasteiger partial charge is 0.280 e. The molecule has 1 aliphatic rings. The second-order valence-electron chi connectivity index (χ2n) is 5.69. The van der Waals surface area contributed by atoms with Crippen molar-refractivity contribution in [1.29, 1.82) is 0 Å². The van der Waals surface area contributed by atoms with E-state index >= 15 is 0 Å². The van der Waals surface area contributed by atoms with E-state index < -0.39 is 0 Å². The van der Waals surface area contributed by atoms with Gasteiger partial charge in [-0.2, -0.15) is 0 Å². The average Bonchev–Trinajstić information content (AvgIpc) is 3.01. The smallest absolute Gasteiger partial charge is 0.132 e. The van der Waals surface area contributed by atoms with Gasteiger partial charge in [-0.25, -0.2) is 4.39 Å². The van der Waals surface area contributed by atoms with E-state index in [2.05, 4.69) is 5.92 Å². The lowest BCUT2D eigenvalue weighted by Crippen LogP contribution is -2.01. The maximum absolute atomic E-state index is 14.4. The molecule has 3 heteroatoms. The van der Waals surface area contributed by atoms with Crippen molar-refractivity contribution in [2.45, 2.75) is 6.54 Å². The normalized spacial score (nSPS) is 17.0. The van der Waals surface area contributed by atoms with Crippen LogP contribution in [-0.4, -0.2) is 5.71 Å². The van der Waals surface area contributed by atoms with Gasteiger partial charge in [-0.1, -0.05) is 42.3 Å². The molecule has 0 radical (unpaired) electrons. The Bertz CT molecular complexity index is 1140. The quantitative estimate of drug-likeness (QED) is 0.520. The third kappa shape index (κ3) is 2.82. The van der Waals surface area contributed by atoms with Crippen molar-refractivity contribution >= 4 is 37.2 Å². The number of rotatable bonds is 2. The Morgan fingerprint density at radius 1 is 1.04 bits per heavy atom. The molecule has 0 spiro atoms. The summed E-state index contributed by atoms with van der Waals surface area (Å²) in [6, 6.07) is 11.3. The van der Waals surface area contributed by atoms with Crippen LogP contribution in [0.3, 0.4) is 0 Å². The van der Waals surface area contributed by atoms with E-state index in [-0.39, 0.29) is 5.82 Å². The molecule has 0 saturated carbocycles. The number of aliphatic imine (C=N–C) groups is 1. The Morgan fingerprint density at radius 2 is 1.80 bits per heavy atom. The molecular weight excluding hydrogens is 329 g/mol. The molecule has 1 heterocycles. The van der Waals surface area contributed by atoms with E-state index in [9.17, 15) is 4.39 Å². The van der Waals surface area contributed by atoms with Gasteiger partial charge >= 0.3 is 0 Å². The van der Waals surface area contributed by atoms with Crippen molar-refractivity contribution in [2.24, 2.45) is 4.99 Å². The maximum atomic E-state index is 14.4. The predicted octanol–water partition coefficient (Wildman–Crippen LogP) is 5.82. The second kappa shape index (κ2) is 6.51. The molecule has 3 aromatic rings. The third-order valence-corrected chi connectivity index (χ3v) is 5.27. The third-order valence-electron chi connectivity index (χ3n) is 4.15. The van der Waals surface area contributed by atoms with Gasteiger partial charge < -0.3 is 0 Å². The average molecular weight is 343 g/mol. The van der Waals surface area contributed by atoms with Crippen LogP contribution in [0.15, 0.2) is 77.3 Å². The summed E-state index contributed by atoms with van der Waals surface area (Å²) in [5, 5.41) is 1.65. The summed E-state index contributed by atoms with van der Waals surface area (Å²) < 4.78 is 16.4. The van der Waals surface area contributed by atoms with Crippen LogP contribution >= 0.6 is 11.3 Å². The van der Waals surface area contributed by atoms with E-state index in [1.54, 1.807) is 23.5 Å².